The van der Waals surface area contributed by atoms with Gasteiger partial charge in [-0.15, -0.1) is 0 Å². The summed E-state index contributed by atoms with van der Waals surface area (Å²) in [5, 5.41) is 9.98. The van der Waals surface area contributed by atoms with Gasteiger partial charge < -0.3 is 10.0 Å². The van der Waals surface area contributed by atoms with Gasteiger partial charge in [0.1, 0.15) is 5.72 Å². The molecule has 3 nitrogen and oxygen atoms in total. The minimum atomic E-state index is -0.781. The van der Waals surface area contributed by atoms with Crippen LogP contribution in [0.25, 0.3) is 0 Å². The van der Waals surface area contributed by atoms with Crippen LogP contribution in [-0.2, 0) is 4.79 Å². The van der Waals surface area contributed by atoms with Crippen LogP contribution >= 0.6 is 0 Å². The summed E-state index contributed by atoms with van der Waals surface area (Å²) >= 11 is 0. The van der Waals surface area contributed by atoms with Gasteiger partial charge in [0.2, 0.25) is 5.91 Å². The molecule has 0 aromatic heterocycles. The number of amides is 1. The normalized spacial score (nSPS) is 43.3. The monoisotopic (exact) mass is 155 g/mol. The number of nitrogens with zero attached hydrogens (tertiary/aromatic N) is 1. The molecule has 0 aliphatic carbocycles. The van der Waals surface area contributed by atoms with E-state index in [1.165, 1.54) is 0 Å². The van der Waals surface area contributed by atoms with Crippen molar-refractivity contribution < 1.29 is 9.90 Å². The third-order valence-corrected chi connectivity index (χ3v) is 3.05. The van der Waals surface area contributed by atoms with Crippen LogP contribution in [0.15, 0.2) is 0 Å². The third-order valence-electron chi connectivity index (χ3n) is 3.05. The van der Waals surface area contributed by atoms with E-state index in [0.717, 1.165) is 13.0 Å². The lowest BCUT2D eigenvalue weighted by molar-refractivity contribution is -0.142. The van der Waals surface area contributed by atoms with Gasteiger partial charge in [0.25, 0.3) is 0 Å². The largest absolute Gasteiger partial charge is 0.370 e. The van der Waals surface area contributed by atoms with Gasteiger partial charge in [0.05, 0.1) is 0 Å². The predicted molar refractivity (Wildman–Crippen MR) is 39.7 cm³/mol. The molecule has 1 amide bonds. The number of carbonyl (C=O) groups is 1. The molecule has 0 aromatic carbocycles. The summed E-state index contributed by atoms with van der Waals surface area (Å²) < 4.78 is 0. The van der Waals surface area contributed by atoms with E-state index in [1.54, 1.807) is 4.90 Å². The van der Waals surface area contributed by atoms with Crippen LogP contribution in [0.4, 0.5) is 0 Å². The maximum atomic E-state index is 11.2. The SMILES string of the molecule is C[C@@H]1CCN2C(=O)CC[C@]12O. The van der Waals surface area contributed by atoms with Crippen molar-refractivity contribution in [2.45, 2.75) is 31.9 Å². The van der Waals surface area contributed by atoms with E-state index in [1.807, 2.05) is 6.92 Å². The van der Waals surface area contributed by atoms with Gasteiger partial charge in [-0.1, -0.05) is 6.92 Å². The fourth-order valence-electron chi connectivity index (χ4n) is 2.16. The van der Waals surface area contributed by atoms with Crippen molar-refractivity contribution >= 4 is 5.91 Å². The number of fused-ring (bicyclic) bond motifs is 1. The smallest absolute Gasteiger partial charge is 0.225 e. The quantitative estimate of drug-likeness (QED) is 0.548. The van der Waals surface area contributed by atoms with E-state index >= 15 is 0 Å². The first-order valence-electron chi connectivity index (χ1n) is 4.17. The Bertz CT molecular complexity index is 204. The van der Waals surface area contributed by atoms with Crippen LogP contribution in [0.3, 0.4) is 0 Å². The second-order valence-corrected chi connectivity index (χ2v) is 3.61. The second kappa shape index (κ2) is 1.97. The number of carbonyl (C=O) groups excluding carboxylic acids is 1. The van der Waals surface area contributed by atoms with Crippen molar-refractivity contribution in [1.82, 2.24) is 4.90 Å². The lowest BCUT2D eigenvalue weighted by atomic mass is 9.97. The maximum Gasteiger partial charge on any atom is 0.225 e. The number of rotatable bonds is 0. The average Bonchev–Trinajstić information content (AvgIpc) is 2.39. The van der Waals surface area contributed by atoms with Gasteiger partial charge in [-0.3, -0.25) is 4.79 Å². The van der Waals surface area contributed by atoms with Crippen LogP contribution in [0.5, 0.6) is 0 Å². The van der Waals surface area contributed by atoms with Crippen molar-refractivity contribution in [1.29, 1.82) is 0 Å². The highest BCUT2D eigenvalue weighted by molar-refractivity contribution is 5.79. The Morgan fingerprint density at radius 2 is 2.45 bits per heavy atom. The fourth-order valence-corrected chi connectivity index (χ4v) is 2.16. The molecule has 0 saturated carbocycles. The summed E-state index contributed by atoms with van der Waals surface area (Å²) in [4.78, 5) is 12.8. The zero-order valence-electron chi connectivity index (χ0n) is 6.71. The molecule has 3 heteroatoms. The van der Waals surface area contributed by atoms with Crippen molar-refractivity contribution in [3.8, 4) is 0 Å². The average molecular weight is 155 g/mol. The first-order valence-corrected chi connectivity index (χ1v) is 4.17. The van der Waals surface area contributed by atoms with Crippen molar-refractivity contribution in [3.05, 3.63) is 0 Å². The summed E-state index contributed by atoms with van der Waals surface area (Å²) in [5.74, 6) is 0.380. The fraction of sp³-hybridized carbons (Fsp3) is 0.875. The van der Waals surface area contributed by atoms with E-state index in [4.69, 9.17) is 0 Å². The van der Waals surface area contributed by atoms with E-state index in [2.05, 4.69) is 0 Å². The molecule has 0 spiro atoms. The first kappa shape index (κ1) is 7.10. The highest BCUT2D eigenvalue weighted by atomic mass is 16.3. The molecule has 2 heterocycles. The van der Waals surface area contributed by atoms with Crippen LogP contribution < -0.4 is 0 Å². The Balaban J connectivity index is 2.30. The van der Waals surface area contributed by atoms with Crippen LogP contribution in [0.1, 0.15) is 26.2 Å². The Kier molecular flexibility index (Phi) is 1.27. The summed E-state index contributed by atoms with van der Waals surface area (Å²) in [5.41, 5.74) is -0.781. The standard InChI is InChI=1S/C8H13NO2/c1-6-3-5-9-7(10)2-4-8(6,9)11/h6,11H,2-5H2,1H3/t6-,8+/m1/s1. The second-order valence-electron chi connectivity index (χ2n) is 3.61. The summed E-state index contributed by atoms with van der Waals surface area (Å²) in [6.07, 6.45) is 2.11. The minimum Gasteiger partial charge on any atom is -0.370 e. The molecule has 2 fully saturated rings. The molecule has 11 heavy (non-hydrogen) atoms. The Hall–Kier alpha value is -0.570. The van der Waals surface area contributed by atoms with Gasteiger partial charge in [-0.05, 0) is 6.42 Å². The molecule has 2 aliphatic heterocycles. The molecular weight excluding hydrogens is 142 g/mol. The third kappa shape index (κ3) is 0.745. The Morgan fingerprint density at radius 3 is 3.09 bits per heavy atom. The molecule has 0 unspecified atom stereocenters. The van der Waals surface area contributed by atoms with Gasteiger partial charge in [0, 0.05) is 25.3 Å². The van der Waals surface area contributed by atoms with Gasteiger partial charge >= 0.3 is 0 Å². The van der Waals surface area contributed by atoms with Gasteiger partial charge in [0.15, 0.2) is 0 Å². The molecule has 0 radical (unpaired) electrons. The van der Waals surface area contributed by atoms with E-state index in [-0.39, 0.29) is 11.8 Å². The molecule has 0 bridgehead atoms. The highest BCUT2D eigenvalue weighted by Crippen LogP contribution is 2.41. The van der Waals surface area contributed by atoms with Crippen LogP contribution in [-0.4, -0.2) is 28.2 Å². The zero-order chi connectivity index (χ0) is 8.06. The molecule has 62 valence electrons. The number of aliphatic hydroxyl groups is 1. The zero-order valence-corrected chi connectivity index (χ0v) is 6.71. The molecule has 2 atom stereocenters. The first-order chi connectivity index (χ1) is 5.14. The van der Waals surface area contributed by atoms with E-state index in [0.29, 0.717) is 12.8 Å². The van der Waals surface area contributed by atoms with E-state index in [9.17, 15) is 9.90 Å². The Labute approximate surface area is 66.0 Å². The lowest BCUT2D eigenvalue weighted by Gasteiger charge is -2.29. The lowest BCUT2D eigenvalue weighted by Crippen LogP contribution is -2.43. The summed E-state index contributed by atoms with van der Waals surface area (Å²) in [6.45, 7) is 2.76. The molecular formula is C8H13NO2. The molecule has 1 N–H and O–H groups in total. The topological polar surface area (TPSA) is 40.5 Å². The molecule has 2 saturated heterocycles. The maximum absolute atomic E-state index is 11.2. The number of hydrogen-bond acceptors (Lipinski definition) is 2. The van der Waals surface area contributed by atoms with E-state index < -0.39 is 5.72 Å². The van der Waals surface area contributed by atoms with Gasteiger partial charge in [-0.2, -0.15) is 0 Å². The molecule has 0 aromatic rings. The Morgan fingerprint density at radius 1 is 1.73 bits per heavy atom. The minimum absolute atomic E-state index is 0.122. The van der Waals surface area contributed by atoms with Crippen molar-refractivity contribution in [3.63, 3.8) is 0 Å². The summed E-state index contributed by atoms with van der Waals surface area (Å²) in [6, 6.07) is 0. The van der Waals surface area contributed by atoms with Crippen molar-refractivity contribution in [2.24, 2.45) is 5.92 Å². The number of hydrogen-bond donors (Lipinski definition) is 1. The van der Waals surface area contributed by atoms with Crippen LogP contribution in [0, 0.1) is 5.92 Å². The molecule has 2 aliphatic rings. The highest BCUT2D eigenvalue weighted by Gasteiger charge is 2.51. The van der Waals surface area contributed by atoms with Crippen molar-refractivity contribution in [2.75, 3.05) is 6.54 Å². The predicted octanol–water partition coefficient (Wildman–Crippen LogP) is 0.337. The van der Waals surface area contributed by atoms with Crippen LogP contribution in [0.2, 0.25) is 0 Å². The summed E-state index contributed by atoms with van der Waals surface area (Å²) in [7, 11) is 0. The molecule has 2 rings (SSSR count). The van der Waals surface area contributed by atoms with Gasteiger partial charge in [-0.25, -0.2) is 0 Å².